The van der Waals surface area contributed by atoms with Crippen LogP contribution in [0.1, 0.15) is 41.4 Å². The third-order valence-electron chi connectivity index (χ3n) is 6.31. The first kappa shape index (κ1) is 24.0. The molecule has 1 unspecified atom stereocenters. The van der Waals surface area contributed by atoms with Crippen molar-refractivity contribution in [1.29, 1.82) is 0 Å². The number of aliphatic hydroxyl groups is 1. The van der Waals surface area contributed by atoms with Crippen molar-refractivity contribution in [2.24, 2.45) is 0 Å². The number of amides is 1. The summed E-state index contributed by atoms with van der Waals surface area (Å²) in [4.78, 5) is 40.4. The van der Waals surface area contributed by atoms with Crippen molar-refractivity contribution in [2.45, 2.75) is 26.0 Å². The molecule has 1 heterocycles. The number of hydrogen-bond donors (Lipinski definition) is 1. The quantitative estimate of drug-likeness (QED) is 0.159. The molecule has 0 bridgehead atoms. The van der Waals surface area contributed by atoms with Crippen molar-refractivity contribution in [3.05, 3.63) is 119 Å². The van der Waals surface area contributed by atoms with Crippen LogP contribution in [-0.2, 0) is 14.3 Å². The van der Waals surface area contributed by atoms with Gasteiger partial charge in [-0.3, -0.25) is 14.5 Å². The van der Waals surface area contributed by atoms with Crippen LogP contribution in [0.4, 0.5) is 5.69 Å². The molecule has 5 rings (SSSR count). The topological polar surface area (TPSA) is 83.9 Å². The highest BCUT2D eigenvalue weighted by Gasteiger charge is 2.46. The highest BCUT2D eigenvalue weighted by atomic mass is 16.5. The second-order valence-electron chi connectivity index (χ2n) is 9.14. The Morgan fingerprint density at radius 3 is 2.11 bits per heavy atom. The van der Waals surface area contributed by atoms with Crippen LogP contribution in [0.3, 0.4) is 0 Å². The summed E-state index contributed by atoms with van der Waals surface area (Å²) in [6.45, 7) is 3.53. The van der Waals surface area contributed by atoms with Gasteiger partial charge in [-0.2, -0.15) is 0 Å². The minimum Gasteiger partial charge on any atom is -0.507 e. The molecule has 184 valence electrons. The van der Waals surface area contributed by atoms with Gasteiger partial charge in [-0.05, 0) is 60.5 Å². The third kappa shape index (κ3) is 4.49. The van der Waals surface area contributed by atoms with Gasteiger partial charge < -0.3 is 9.84 Å². The van der Waals surface area contributed by atoms with Gasteiger partial charge in [-0.1, -0.05) is 66.7 Å². The van der Waals surface area contributed by atoms with Crippen molar-refractivity contribution in [3.63, 3.8) is 0 Å². The Labute approximate surface area is 214 Å². The van der Waals surface area contributed by atoms with E-state index < -0.39 is 23.7 Å². The molecular formula is C31H25NO5. The van der Waals surface area contributed by atoms with E-state index in [1.54, 1.807) is 50.2 Å². The Morgan fingerprint density at radius 2 is 1.43 bits per heavy atom. The van der Waals surface area contributed by atoms with Crippen molar-refractivity contribution in [2.75, 3.05) is 4.90 Å². The normalized spacial score (nSPS) is 16.9. The SMILES string of the molecule is CC(C)OC(=O)c1ccc(N2C(=O)C(=O)/C(=C(\O)c3ccc4ccccc4c3)C2c2ccccc2)cc1. The molecule has 1 aliphatic rings. The van der Waals surface area contributed by atoms with Crippen LogP contribution in [0.2, 0.25) is 0 Å². The number of ketones is 1. The van der Waals surface area contributed by atoms with Gasteiger partial charge >= 0.3 is 5.97 Å². The predicted molar refractivity (Wildman–Crippen MR) is 142 cm³/mol. The van der Waals surface area contributed by atoms with Gasteiger partial charge in [0.1, 0.15) is 5.76 Å². The van der Waals surface area contributed by atoms with Crippen LogP contribution < -0.4 is 4.90 Å². The number of anilines is 1. The zero-order valence-corrected chi connectivity index (χ0v) is 20.4. The van der Waals surface area contributed by atoms with E-state index in [0.717, 1.165) is 10.8 Å². The number of carbonyl (C=O) groups is 3. The molecule has 4 aromatic rings. The number of ether oxygens (including phenoxy) is 1. The van der Waals surface area contributed by atoms with E-state index in [-0.39, 0.29) is 17.4 Å². The Kier molecular flexibility index (Phi) is 6.32. The predicted octanol–water partition coefficient (Wildman–Crippen LogP) is 6.03. The molecule has 0 aromatic heterocycles. The second kappa shape index (κ2) is 9.74. The fourth-order valence-corrected chi connectivity index (χ4v) is 4.58. The molecule has 1 amide bonds. The van der Waals surface area contributed by atoms with Crippen LogP contribution in [0, 0.1) is 0 Å². The molecule has 1 atom stereocenters. The molecule has 1 N–H and O–H groups in total. The van der Waals surface area contributed by atoms with Gasteiger partial charge in [0.15, 0.2) is 0 Å². The number of hydrogen-bond acceptors (Lipinski definition) is 5. The first-order chi connectivity index (χ1) is 17.8. The maximum absolute atomic E-state index is 13.4. The zero-order valence-electron chi connectivity index (χ0n) is 20.4. The summed E-state index contributed by atoms with van der Waals surface area (Å²) in [5.74, 6) is -2.24. The zero-order chi connectivity index (χ0) is 26.1. The van der Waals surface area contributed by atoms with Crippen molar-refractivity contribution in [1.82, 2.24) is 0 Å². The lowest BCUT2D eigenvalue weighted by Crippen LogP contribution is -2.29. The van der Waals surface area contributed by atoms with Gasteiger partial charge in [0.2, 0.25) is 0 Å². The molecule has 0 aliphatic carbocycles. The minimum atomic E-state index is -0.846. The largest absolute Gasteiger partial charge is 0.507 e. The summed E-state index contributed by atoms with van der Waals surface area (Å²) in [5, 5.41) is 13.3. The van der Waals surface area contributed by atoms with Crippen LogP contribution in [0.15, 0.2) is 103 Å². The molecule has 1 fully saturated rings. The number of fused-ring (bicyclic) bond motifs is 1. The van der Waals surface area contributed by atoms with Crippen molar-refractivity contribution >= 4 is 39.9 Å². The number of aliphatic hydroxyl groups excluding tert-OH is 1. The maximum Gasteiger partial charge on any atom is 0.338 e. The lowest BCUT2D eigenvalue weighted by Gasteiger charge is -2.25. The Balaban J connectivity index is 1.62. The van der Waals surface area contributed by atoms with Gasteiger partial charge in [-0.25, -0.2) is 4.79 Å². The Bertz CT molecular complexity index is 1540. The number of benzene rings is 4. The van der Waals surface area contributed by atoms with Gasteiger partial charge in [0.05, 0.1) is 23.3 Å². The van der Waals surface area contributed by atoms with Crippen LogP contribution in [-0.4, -0.2) is 28.9 Å². The smallest absolute Gasteiger partial charge is 0.338 e. The highest BCUT2D eigenvalue weighted by Crippen LogP contribution is 2.42. The van der Waals surface area contributed by atoms with E-state index in [0.29, 0.717) is 22.4 Å². The van der Waals surface area contributed by atoms with E-state index >= 15 is 0 Å². The maximum atomic E-state index is 13.4. The van der Waals surface area contributed by atoms with Crippen LogP contribution in [0.5, 0.6) is 0 Å². The monoisotopic (exact) mass is 491 g/mol. The molecule has 4 aromatic carbocycles. The Hall–Kier alpha value is -4.71. The first-order valence-corrected chi connectivity index (χ1v) is 12.0. The molecule has 1 saturated heterocycles. The Morgan fingerprint density at radius 1 is 0.811 bits per heavy atom. The van der Waals surface area contributed by atoms with Crippen LogP contribution >= 0.6 is 0 Å². The number of esters is 1. The lowest BCUT2D eigenvalue weighted by molar-refractivity contribution is -0.132. The summed E-state index contributed by atoms with van der Waals surface area (Å²) >= 11 is 0. The molecule has 0 radical (unpaired) electrons. The van der Waals surface area contributed by atoms with Crippen molar-refractivity contribution < 1.29 is 24.2 Å². The van der Waals surface area contributed by atoms with E-state index in [2.05, 4.69) is 0 Å². The van der Waals surface area contributed by atoms with E-state index in [4.69, 9.17) is 4.74 Å². The average Bonchev–Trinajstić information content (AvgIpc) is 3.18. The van der Waals surface area contributed by atoms with Gasteiger partial charge in [0.25, 0.3) is 11.7 Å². The third-order valence-corrected chi connectivity index (χ3v) is 6.31. The molecule has 1 aliphatic heterocycles. The summed E-state index contributed by atoms with van der Waals surface area (Å²) in [5.41, 5.74) is 1.89. The fraction of sp³-hybridized carbons (Fsp3) is 0.129. The fourth-order valence-electron chi connectivity index (χ4n) is 4.58. The van der Waals surface area contributed by atoms with Gasteiger partial charge in [-0.15, -0.1) is 0 Å². The number of nitrogens with zero attached hydrogens (tertiary/aromatic N) is 1. The molecule has 0 saturated carbocycles. The summed E-state index contributed by atoms with van der Waals surface area (Å²) in [7, 11) is 0. The standard InChI is InChI=1S/C31H25NO5/c1-19(2)37-31(36)22-14-16-25(17-15-22)32-27(21-9-4-3-5-10-21)26(29(34)30(32)35)28(33)24-13-12-20-8-6-7-11-23(20)18-24/h3-19,27,33H,1-2H3/b28-26-. The molecule has 6 nitrogen and oxygen atoms in total. The molecule has 6 heteroatoms. The second-order valence-corrected chi connectivity index (χ2v) is 9.14. The molecule has 37 heavy (non-hydrogen) atoms. The summed E-state index contributed by atoms with van der Waals surface area (Å²) in [6.07, 6.45) is -0.266. The number of rotatable bonds is 5. The first-order valence-electron chi connectivity index (χ1n) is 12.0. The van der Waals surface area contributed by atoms with E-state index in [1.807, 2.05) is 60.7 Å². The molecular weight excluding hydrogens is 466 g/mol. The number of carbonyl (C=O) groups excluding carboxylic acids is 3. The minimum absolute atomic E-state index is 0.00905. The highest BCUT2D eigenvalue weighted by molar-refractivity contribution is 6.51. The molecule has 0 spiro atoms. The number of Topliss-reactive ketones (excluding diaryl/α,β-unsaturated/α-hetero) is 1. The van der Waals surface area contributed by atoms with Gasteiger partial charge in [0, 0.05) is 11.3 Å². The summed E-state index contributed by atoms with van der Waals surface area (Å²) < 4.78 is 5.24. The average molecular weight is 492 g/mol. The van der Waals surface area contributed by atoms with Crippen molar-refractivity contribution in [3.8, 4) is 0 Å². The van der Waals surface area contributed by atoms with E-state index in [9.17, 15) is 19.5 Å². The van der Waals surface area contributed by atoms with Crippen LogP contribution in [0.25, 0.3) is 16.5 Å². The van der Waals surface area contributed by atoms with E-state index in [1.165, 1.54) is 4.90 Å². The summed E-state index contributed by atoms with van der Waals surface area (Å²) in [6, 6.07) is 27.7. The lowest BCUT2D eigenvalue weighted by atomic mass is 9.94.